The quantitative estimate of drug-likeness (QED) is 0.492. The molecule has 2 heteroatoms. The molecule has 0 aliphatic carbocycles. The summed E-state index contributed by atoms with van der Waals surface area (Å²) in [7, 11) is 0. The Morgan fingerprint density at radius 1 is 1.31 bits per heavy atom. The van der Waals surface area contributed by atoms with Gasteiger partial charge in [-0.05, 0) is 0 Å². The summed E-state index contributed by atoms with van der Waals surface area (Å²) in [5.74, 6) is 3.91. The Morgan fingerprint density at radius 3 is 2.54 bits per heavy atom. The molecule has 0 saturated heterocycles. The second-order valence-corrected chi connectivity index (χ2v) is 2.75. The summed E-state index contributed by atoms with van der Waals surface area (Å²) in [6, 6.07) is 7.85. The van der Waals surface area contributed by atoms with E-state index in [-0.39, 0.29) is 0 Å². The molecule has 1 nitrogen and oxygen atoms in total. The molecule has 0 heterocycles. The first kappa shape index (κ1) is 10.3. The van der Waals surface area contributed by atoms with Gasteiger partial charge in [-0.3, -0.25) is 0 Å². The van der Waals surface area contributed by atoms with Crippen LogP contribution in [-0.4, -0.2) is 24.3 Å². The Balaban J connectivity index is 2.62. The van der Waals surface area contributed by atoms with Gasteiger partial charge in [0.15, 0.2) is 0 Å². The molecule has 1 aromatic carbocycles. The maximum atomic E-state index is 5.44. The van der Waals surface area contributed by atoms with Gasteiger partial charge in [0.05, 0.1) is 0 Å². The SMILES string of the molecule is [Li][C]#Cc1ccc(OCCC)cc1. The summed E-state index contributed by atoms with van der Waals surface area (Å²) in [5.41, 5.74) is 1.03. The fourth-order valence-corrected chi connectivity index (χ4v) is 0.999. The number of hydrogen-bond acceptors (Lipinski definition) is 1. The van der Waals surface area contributed by atoms with Crippen molar-refractivity contribution < 1.29 is 4.74 Å². The van der Waals surface area contributed by atoms with Crippen molar-refractivity contribution in [2.75, 3.05) is 6.61 Å². The predicted molar refractivity (Wildman–Crippen MR) is 54.9 cm³/mol. The van der Waals surface area contributed by atoms with Gasteiger partial charge in [-0.15, -0.1) is 0 Å². The first-order valence-corrected chi connectivity index (χ1v) is 4.52. The summed E-state index contributed by atoms with van der Waals surface area (Å²) in [6.07, 6.45) is 1.04. The van der Waals surface area contributed by atoms with Crippen LogP contribution in [0.3, 0.4) is 0 Å². The summed E-state index contributed by atoms with van der Waals surface area (Å²) in [4.78, 5) is 0. The van der Waals surface area contributed by atoms with E-state index in [1.165, 1.54) is 0 Å². The van der Waals surface area contributed by atoms with Crippen LogP contribution in [0.25, 0.3) is 0 Å². The third-order valence-electron chi connectivity index (χ3n) is 1.60. The Bertz CT molecular complexity index is 305. The summed E-state index contributed by atoms with van der Waals surface area (Å²) in [5, 5.41) is 0. The molecule has 0 radical (unpaired) electrons. The second kappa shape index (κ2) is 5.76. The van der Waals surface area contributed by atoms with E-state index in [1.54, 1.807) is 0 Å². The molecule has 0 aliphatic heterocycles. The topological polar surface area (TPSA) is 9.23 Å². The van der Waals surface area contributed by atoms with Crippen LogP contribution in [0.1, 0.15) is 18.9 Å². The Morgan fingerprint density at radius 2 is 2.00 bits per heavy atom. The molecule has 0 amide bonds. The average Bonchev–Trinajstić information content (AvgIpc) is 2.17. The van der Waals surface area contributed by atoms with Crippen molar-refractivity contribution in [3.8, 4) is 16.3 Å². The zero-order valence-corrected chi connectivity index (χ0v) is 8.13. The van der Waals surface area contributed by atoms with Crippen LogP contribution < -0.4 is 4.74 Å². The molecule has 0 saturated carbocycles. The van der Waals surface area contributed by atoms with Gasteiger partial charge in [0, 0.05) is 0 Å². The van der Waals surface area contributed by atoms with Crippen LogP contribution in [0.5, 0.6) is 5.75 Å². The molecule has 0 N–H and O–H groups in total. The first-order valence-electron chi connectivity index (χ1n) is 4.52. The minimum absolute atomic E-state index is 0.777. The number of ether oxygens (including phenoxy) is 1. The van der Waals surface area contributed by atoms with Gasteiger partial charge >= 0.3 is 88.5 Å². The molecule has 0 aromatic heterocycles. The van der Waals surface area contributed by atoms with E-state index in [2.05, 4.69) is 17.4 Å². The normalized spacial score (nSPS) is 8.85. The summed E-state index contributed by atoms with van der Waals surface area (Å²) in [6.45, 7) is 2.87. The van der Waals surface area contributed by atoms with E-state index in [9.17, 15) is 0 Å². The van der Waals surface area contributed by atoms with E-state index < -0.39 is 0 Å². The van der Waals surface area contributed by atoms with Crippen LogP contribution >= 0.6 is 0 Å². The van der Waals surface area contributed by atoms with Crippen LogP contribution in [0.15, 0.2) is 24.3 Å². The van der Waals surface area contributed by atoms with Crippen LogP contribution in [0, 0.1) is 10.5 Å². The number of rotatable bonds is 3. The molecule has 0 bridgehead atoms. The van der Waals surface area contributed by atoms with Gasteiger partial charge in [-0.1, -0.05) is 0 Å². The van der Waals surface area contributed by atoms with E-state index in [1.807, 2.05) is 42.0 Å². The maximum absolute atomic E-state index is 5.44. The number of hydrogen-bond donors (Lipinski definition) is 0. The molecule has 0 spiro atoms. The van der Waals surface area contributed by atoms with Crippen molar-refractivity contribution in [2.24, 2.45) is 0 Å². The molecular formula is C11H11LiO. The second-order valence-electron chi connectivity index (χ2n) is 2.75. The Hall–Kier alpha value is -0.823. The van der Waals surface area contributed by atoms with Gasteiger partial charge in [0.1, 0.15) is 0 Å². The van der Waals surface area contributed by atoms with Crippen LogP contribution in [-0.2, 0) is 0 Å². The average molecular weight is 166 g/mol. The van der Waals surface area contributed by atoms with Gasteiger partial charge in [-0.25, -0.2) is 0 Å². The van der Waals surface area contributed by atoms with Crippen LogP contribution in [0.2, 0.25) is 0 Å². The molecule has 1 aromatic rings. The fourth-order valence-electron chi connectivity index (χ4n) is 0.999. The third kappa shape index (κ3) is 3.60. The molecule has 1 rings (SSSR count). The van der Waals surface area contributed by atoms with Crippen molar-refractivity contribution >= 4 is 17.7 Å². The Kier molecular flexibility index (Phi) is 4.55. The van der Waals surface area contributed by atoms with Crippen molar-refractivity contribution in [3.05, 3.63) is 29.8 Å². The van der Waals surface area contributed by atoms with Gasteiger partial charge < -0.3 is 0 Å². The molecule has 0 atom stereocenters. The Labute approximate surface area is 88.7 Å². The molecule has 0 fully saturated rings. The van der Waals surface area contributed by atoms with Gasteiger partial charge in [0.2, 0.25) is 0 Å². The molecule has 0 unspecified atom stereocenters. The zero-order chi connectivity index (χ0) is 9.52. The first-order chi connectivity index (χ1) is 6.36. The summed E-state index contributed by atoms with van der Waals surface area (Å²) < 4.78 is 8.30. The third-order valence-corrected chi connectivity index (χ3v) is 1.60. The molecule has 13 heavy (non-hydrogen) atoms. The van der Waals surface area contributed by atoms with Gasteiger partial charge in [0.25, 0.3) is 0 Å². The molecule has 62 valence electrons. The predicted octanol–water partition coefficient (Wildman–Crippen LogP) is 1.95. The van der Waals surface area contributed by atoms with Crippen molar-refractivity contribution in [3.63, 3.8) is 0 Å². The fraction of sp³-hybridized carbons (Fsp3) is 0.273. The minimum atomic E-state index is 0.777. The van der Waals surface area contributed by atoms with Crippen LogP contribution in [0.4, 0.5) is 0 Å². The number of benzene rings is 1. The van der Waals surface area contributed by atoms with Crippen molar-refractivity contribution in [2.45, 2.75) is 13.3 Å². The van der Waals surface area contributed by atoms with E-state index >= 15 is 0 Å². The van der Waals surface area contributed by atoms with E-state index in [4.69, 9.17) is 4.74 Å². The molecular weight excluding hydrogens is 155 g/mol. The summed E-state index contributed by atoms with van der Waals surface area (Å²) >= 11 is 1.83. The zero-order valence-electron chi connectivity index (χ0n) is 8.13. The van der Waals surface area contributed by atoms with Gasteiger partial charge in [-0.2, -0.15) is 0 Å². The molecule has 0 aliphatic rings. The van der Waals surface area contributed by atoms with Crippen molar-refractivity contribution in [1.29, 1.82) is 0 Å². The standard InChI is InChI=1S/C11H11O.Li/c1-3-9-12-11-7-5-10(4-2)6-8-11;/h5-8H,3,9H2,1H3;. The van der Waals surface area contributed by atoms with Crippen molar-refractivity contribution in [1.82, 2.24) is 0 Å². The van der Waals surface area contributed by atoms with E-state index in [0.29, 0.717) is 0 Å². The van der Waals surface area contributed by atoms with E-state index in [0.717, 1.165) is 24.3 Å². The monoisotopic (exact) mass is 166 g/mol.